The van der Waals surface area contributed by atoms with Crippen LogP contribution in [0.1, 0.15) is 11.1 Å². The molecule has 1 saturated heterocycles. The van der Waals surface area contributed by atoms with Crippen molar-refractivity contribution in [2.45, 2.75) is 18.9 Å². The molecule has 0 bridgehead atoms. The number of hydrogen-bond acceptors (Lipinski definition) is 5. The lowest BCUT2D eigenvalue weighted by Gasteiger charge is -2.36. The highest BCUT2D eigenvalue weighted by Gasteiger charge is 2.23. The molecule has 0 atom stereocenters. The molecule has 3 heterocycles. The number of aromatic nitrogens is 3. The summed E-state index contributed by atoms with van der Waals surface area (Å²) >= 11 is 1.43. The van der Waals surface area contributed by atoms with E-state index in [1.807, 2.05) is 32.6 Å². The van der Waals surface area contributed by atoms with Crippen molar-refractivity contribution < 1.29 is 9.18 Å². The van der Waals surface area contributed by atoms with Gasteiger partial charge in [0.15, 0.2) is 0 Å². The van der Waals surface area contributed by atoms with Crippen LogP contribution in [0, 0.1) is 19.7 Å². The van der Waals surface area contributed by atoms with Crippen LogP contribution in [0.15, 0.2) is 66.0 Å². The molecular weight excluding hydrogens is 449 g/mol. The Labute approximate surface area is 202 Å². The van der Waals surface area contributed by atoms with E-state index in [9.17, 15) is 9.18 Å². The van der Waals surface area contributed by atoms with Gasteiger partial charge in [-0.15, -0.1) is 0 Å². The zero-order valence-electron chi connectivity index (χ0n) is 19.2. The Kier molecular flexibility index (Phi) is 6.24. The van der Waals surface area contributed by atoms with Crippen molar-refractivity contribution in [2.75, 3.05) is 36.8 Å². The van der Waals surface area contributed by atoms with Crippen molar-refractivity contribution in [1.82, 2.24) is 19.5 Å². The predicted octanol–water partition coefficient (Wildman–Crippen LogP) is 4.59. The molecule has 0 spiro atoms. The molecule has 1 amide bonds. The summed E-state index contributed by atoms with van der Waals surface area (Å²) in [6.07, 6.45) is 3.54. The summed E-state index contributed by atoms with van der Waals surface area (Å²) in [5, 5.41) is 5.49. The van der Waals surface area contributed by atoms with Gasteiger partial charge in [-0.1, -0.05) is 36.0 Å². The minimum atomic E-state index is -0.224. The first-order valence-corrected chi connectivity index (χ1v) is 12.3. The molecular formula is C26H26FN5OS. The Morgan fingerprint density at radius 3 is 2.59 bits per heavy atom. The number of carbonyl (C=O) groups excluding carboxylic acids is 1. The maximum absolute atomic E-state index is 14.1. The number of fused-ring (bicyclic) bond motifs is 1. The molecule has 174 valence electrons. The van der Waals surface area contributed by atoms with Gasteiger partial charge in [-0.2, -0.15) is 5.10 Å². The van der Waals surface area contributed by atoms with E-state index >= 15 is 0 Å². The van der Waals surface area contributed by atoms with Crippen LogP contribution in [0.4, 0.5) is 10.1 Å². The fourth-order valence-electron chi connectivity index (χ4n) is 4.18. The van der Waals surface area contributed by atoms with Crippen LogP contribution in [-0.2, 0) is 4.79 Å². The zero-order chi connectivity index (χ0) is 23.7. The summed E-state index contributed by atoms with van der Waals surface area (Å²) in [7, 11) is 0. The quantitative estimate of drug-likeness (QED) is 0.395. The summed E-state index contributed by atoms with van der Waals surface area (Å²) in [5.41, 5.74) is 5.90. The van der Waals surface area contributed by atoms with E-state index < -0.39 is 0 Å². The van der Waals surface area contributed by atoms with Gasteiger partial charge in [-0.25, -0.2) is 13.9 Å². The van der Waals surface area contributed by atoms with Crippen LogP contribution < -0.4 is 4.90 Å². The molecule has 6 nitrogen and oxygen atoms in total. The first-order chi connectivity index (χ1) is 16.5. The van der Waals surface area contributed by atoms with Gasteiger partial charge >= 0.3 is 0 Å². The number of anilines is 1. The number of para-hydroxylation sites is 1. The molecule has 1 fully saturated rings. The standard InChI is InChI=1S/C26H26FN5OS/c1-18-7-8-20(15-19(18)2)22-16-24-26(28-9-10-32(24)29-22)34-17-25(33)31-13-11-30(12-14-31)23-6-4-3-5-21(23)27/h3-10,15-16H,11-14,17H2,1-2H3. The van der Waals surface area contributed by atoms with E-state index in [4.69, 9.17) is 5.10 Å². The second-order valence-electron chi connectivity index (χ2n) is 8.50. The molecule has 0 unspecified atom stereocenters. The first kappa shape index (κ1) is 22.4. The average Bonchev–Trinajstić information content (AvgIpc) is 3.30. The number of amides is 1. The highest BCUT2D eigenvalue weighted by Crippen LogP contribution is 2.27. The molecule has 0 radical (unpaired) electrons. The highest BCUT2D eigenvalue weighted by molar-refractivity contribution is 8.00. The Bertz CT molecular complexity index is 1350. The third-order valence-electron chi connectivity index (χ3n) is 6.32. The maximum atomic E-state index is 14.1. The Hall–Kier alpha value is -3.39. The van der Waals surface area contributed by atoms with Crippen LogP contribution in [-0.4, -0.2) is 57.3 Å². The van der Waals surface area contributed by atoms with E-state index in [2.05, 4.69) is 37.0 Å². The van der Waals surface area contributed by atoms with Crippen molar-refractivity contribution in [3.8, 4) is 11.3 Å². The summed E-state index contributed by atoms with van der Waals surface area (Å²) in [6.45, 7) is 6.59. The van der Waals surface area contributed by atoms with Gasteiger partial charge in [0.1, 0.15) is 10.8 Å². The summed E-state index contributed by atoms with van der Waals surface area (Å²) < 4.78 is 15.9. The van der Waals surface area contributed by atoms with E-state index in [1.165, 1.54) is 29.0 Å². The van der Waals surface area contributed by atoms with E-state index in [0.29, 0.717) is 37.6 Å². The summed E-state index contributed by atoms with van der Waals surface area (Å²) in [5.74, 6) is 0.144. The van der Waals surface area contributed by atoms with E-state index in [-0.39, 0.29) is 11.7 Å². The minimum absolute atomic E-state index is 0.0656. The number of rotatable bonds is 5. The Morgan fingerprint density at radius 2 is 1.82 bits per heavy atom. The fourth-order valence-corrected chi connectivity index (χ4v) is 5.06. The molecule has 4 aromatic rings. The summed E-state index contributed by atoms with van der Waals surface area (Å²) in [4.78, 5) is 21.2. The van der Waals surface area contributed by atoms with Gasteiger partial charge in [-0.05, 0) is 49.2 Å². The number of nitrogens with zero attached hydrogens (tertiary/aromatic N) is 5. The predicted molar refractivity (Wildman–Crippen MR) is 134 cm³/mol. The number of piperazine rings is 1. The Balaban J connectivity index is 1.24. The lowest BCUT2D eigenvalue weighted by Crippen LogP contribution is -2.49. The second-order valence-corrected chi connectivity index (χ2v) is 9.46. The SMILES string of the molecule is Cc1ccc(-c2cc3c(SCC(=O)N4CCN(c5ccccc5F)CC4)nccn3n2)cc1C. The molecule has 0 aliphatic carbocycles. The second kappa shape index (κ2) is 9.46. The van der Waals surface area contributed by atoms with Crippen LogP contribution in [0.2, 0.25) is 0 Å². The van der Waals surface area contributed by atoms with Crippen molar-refractivity contribution in [3.05, 3.63) is 77.9 Å². The lowest BCUT2D eigenvalue weighted by atomic mass is 10.0. The normalized spacial score (nSPS) is 14.1. The van der Waals surface area contributed by atoms with Gasteiger partial charge in [0.2, 0.25) is 5.91 Å². The van der Waals surface area contributed by atoms with Crippen LogP contribution in [0.25, 0.3) is 16.8 Å². The molecule has 34 heavy (non-hydrogen) atoms. The third-order valence-corrected chi connectivity index (χ3v) is 7.29. The average molecular weight is 476 g/mol. The van der Waals surface area contributed by atoms with Crippen molar-refractivity contribution in [1.29, 1.82) is 0 Å². The topological polar surface area (TPSA) is 53.7 Å². The monoisotopic (exact) mass is 475 g/mol. The van der Waals surface area contributed by atoms with Crippen molar-refractivity contribution in [3.63, 3.8) is 0 Å². The van der Waals surface area contributed by atoms with E-state index in [1.54, 1.807) is 18.3 Å². The number of thioether (sulfide) groups is 1. The number of halogens is 1. The first-order valence-electron chi connectivity index (χ1n) is 11.3. The van der Waals surface area contributed by atoms with Gasteiger partial charge < -0.3 is 9.80 Å². The summed E-state index contributed by atoms with van der Waals surface area (Å²) in [6, 6.07) is 15.1. The molecule has 0 N–H and O–H groups in total. The lowest BCUT2D eigenvalue weighted by molar-refractivity contribution is -0.128. The van der Waals surface area contributed by atoms with Crippen molar-refractivity contribution in [2.24, 2.45) is 0 Å². The van der Waals surface area contributed by atoms with E-state index in [0.717, 1.165) is 21.8 Å². The van der Waals surface area contributed by atoms with Crippen molar-refractivity contribution >= 4 is 28.9 Å². The molecule has 2 aromatic heterocycles. The third kappa shape index (κ3) is 4.50. The van der Waals surface area contributed by atoms with Gasteiger partial charge in [0.25, 0.3) is 0 Å². The number of benzene rings is 2. The molecule has 1 aliphatic rings. The maximum Gasteiger partial charge on any atom is 0.233 e. The number of carbonyl (C=O) groups is 1. The van der Waals surface area contributed by atoms with Gasteiger partial charge in [0, 0.05) is 44.1 Å². The fraction of sp³-hybridized carbons (Fsp3) is 0.269. The molecule has 1 aliphatic heterocycles. The van der Waals surface area contributed by atoms with Gasteiger partial charge in [-0.3, -0.25) is 4.79 Å². The highest BCUT2D eigenvalue weighted by atomic mass is 32.2. The number of aryl methyl sites for hydroxylation is 2. The van der Waals surface area contributed by atoms with Gasteiger partial charge in [0.05, 0.1) is 22.7 Å². The smallest absolute Gasteiger partial charge is 0.233 e. The molecule has 0 saturated carbocycles. The Morgan fingerprint density at radius 1 is 1.03 bits per heavy atom. The number of hydrogen-bond donors (Lipinski definition) is 0. The minimum Gasteiger partial charge on any atom is -0.366 e. The molecule has 8 heteroatoms. The van der Waals surface area contributed by atoms with Crippen LogP contribution in [0.5, 0.6) is 0 Å². The van der Waals surface area contributed by atoms with Crippen LogP contribution in [0.3, 0.4) is 0 Å². The van der Waals surface area contributed by atoms with Crippen LogP contribution >= 0.6 is 11.8 Å². The molecule has 5 rings (SSSR count). The molecule has 2 aromatic carbocycles. The largest absolute Gasteiger partial charge is 0.366 e. The zero-order valence-corrected chi connectivity index (χ0v) is 20.1.